The van der Waals surface area contributed by atoms with Gasteiger partial charge in [-0.2, -0.15) is 0 Å². The highest BCUT2D eigenvalue weighted by Crippen LogP contribution is 2.44. The number of fused-ring (bicyclic) bond motifs is 4. The maximum Gasteiger partial charge on any atom is 0.328 e. The molecule has 154 valence electrons. The summed E-state index contributed by atoms with van der Waals surface area (Å²) < 4.78 is 23.4. The molecule has 8 heteroatoms. The molecule has 7 nitrogen and oxygen atoms in total. The first-order chi connectivity index (χ1) is 15.0. The van der Waals surface area contributed by atoms with Crippen LogP contribution in [0.3, 0.4) is 0 Å². The Balaban J connectivity index is 1.73. The van der Waals surface area contributed by atoms with E-state index in [0.29, 0.717) is 23.5 Å². The lowest BCUT2D eigenvalue weighted by atomic mass is 9.87. The molecule has 0 saturated carbocycles. The number of aromatic nitrogens is 1. The van der Waals surface area contributed by atoms with Gasteiger partial charge in [-0.1, -0.05) is 24.3 Å². The van der Waals surface area contributed by atoms with Gasteiger partial charge in [-0.05, 0) is 29.3 Å². The third-order valence-electron chi connectivity index (χ3n) is 5.64. The van der Waals surface area contributed by atoms with Crippen LogP contribution in [0.25, 0.3) is 10.9 Å². The summed E-state index contributed by atoms with van der Waals surface area (Å²) in [6.45, 7) is -1.14. The van der Waals surface area contributed by atoms with E-state index in [2.05, 4.69) is 4.98 Å². The standard InChI is InChI=1S/C22H19ClN2O5/c1-28-22(27)16-9-14-13-4-2-3-5-15(13)24-20(14)21(25(16)19(26)10-23)12-6-7-17-18(8-12)30-11-29-17/h2-8,16,21,24H,9-11H2,1H3/t16-,21-/m0/s1/i11D/t11?,16-,21-. The van der Waals surface area contributed by atoms with Crippen LogP contribution in [0.15, 0.2) is 42.5 Å². The number of ether oxygens (including phenoxy) is 3. The van der Waals surface area contributed by atoms with Crippen molar-refractivity contribution in [1.82, 2.24) is 9.88 Å². The van der Waals surface area contributed by atoms with Gasteiger partial charge in [0.25, 0.3) is 0 Å². The molecule has 0 saturated heterocycles. The van der Waals surface area contributed by atoms with E-state index in [1.54, 1.807) is 18.2 Å². The van der Waals surface area contributed by atoms with E-state index >= 15 is 0 Å². The molecule has 3 heterocycles. The molecule has 0 bridgehead atoms. The monoisotopic (exact) mass is 427 g/mol. The summed E-state index contributed by atoms with van der Waals surface area (Å²) in [7, 11) is 1.31. The zero-order chi connectivity index (χ0) is 21.7. The Morgan fingerprint density at radius 3 is 2.87 bits per heavy atom. The summed E-state index contributed by atoms with van der Waals surface area (Å²) in [6.07, 6.45) is 0.310. The molecule has 3 aromatic rings. The number of carbonyl (C=O) groups excluding carboxylic acids is 2. The van der Waals surface area contributed by atoms with E-state index in [1.807, 2.05) is 24.3 Å². The lowest BCUT2D eigenvalue weighted by molar-refractivity contribution is -0.154. The zero-order valence-electron chi connectivity index (χ0n) is 17.1. The van der Waals surface area contributed by atoms with E-state index in [4.69, 9.17) is 27.2 Å². The number of halogens is 1. The molecule has 1 aromatic heterocycles. The normalized spacial score (nSPS) is 22.5. The molecule has 2 aliphatic rings. The minimum atomic E-state index is -1.14. The number of aromatic amines is 1. The van der Waals surface area contributed by atoms with Gasteiger partial charge in [0.2, 0.25) is 12.7 Å². The van der Waals surface area contributed by atoms with Gasteiger partial charge in [-0.15, -0.1) is 11.6 Å². The molecule has 1 amide bonds. The predicted octanol–water partition coefficient (Wildman–Crippen LogP) is 3.15. The average molecular weight is 428 g/mol. The second-order valence-corrected chi connectivity index (χ2v) is 7.45. The van der Waals surface area contributed by atoms with E-state index in [9.17, 15) is 9.59 Å². The third-order valence-corrected chi connectivity index (χ3v) is 5.87. The molecular formula is C22H19ClN2O5. The third kappa shape index (κ3) is 2.81. The summed E-state index contributed by atoms with van der Waals surface area (Å²) in [5.74, 6) is -0.308. The van der Waals surface area contributed by atoms with Crippen molar-refractivity contribution in [3.63, 3.8) is 0 Å². The fourth-order valence-electron chi connectivity index (χ4n) is 4.34. The van der Waals surface area contributed by atoms with E-state index in [-0.39, 0.29) is 11.8 Å². The van der Waals surface area contributed by atoms with Crippen molar-refractivity contribution in [3.8, 4) is 11.5 Å². The van der Waals surface area contributed by atoms with Crippen LogP contribution in [-0.2, 0) is 20.7 Å². The number of carbonyl (C=O) groups is 2. The van der Waals surface area contributed by atoms with Crippen molar-refractivity contribution in [2.45, 2.75) is 18.5 Å². The number of nitrogens with one attached hydrogen (secondary N) is 1. The largest absolute Gasteiger partial charge is 0.467 e. The Hall–Kier alpha value is -3.19. The van der Waals surface area contributed by atoms with Crippen LogP contribution in [0.1, 0.15) is 24.2 Å². The minimum absolute atomic E-state index is 0.279. The van der Waals surface area contributed by atoms with Gasteiger partial charge >= 0.3 is 5.97 Å². The molecule has 2 aliphatic heterocycles. The van der Waals surface area contributed by atoms with Crippen LogP contribution < -0.4 is 9.47 Å². The van der Waals surface area contributed by atoms with Crippen molar-refractivity contribution in [1.29, 1.82) is 0 Å². The highest BCUT2D eigenvalue weighted by atomic mass is 35.5. The van der Waals surface area contributed by atoms with Crippen LogP contribution in [0.5, 0.6) is 11.5 Å². The highest BCUT2D eigenvalue weighted by molar-refractivity contribution is 6.27. The number of benzene rings is 2. The summed E-state index contributed by atoms with van der Waals surface area (Å²) in [4.78, 5) is 30.6. The smallest absolute Gasteiger partial charge is 0.328 e. The number of methoxy groups -OCH3 is 1. The van der Waals surface area contributed by atoms with E-state index in [0.717, 1.165) is 22.2 Å². The average Bonchev–Trinajstić information content (AvgIpc) is 3.35. The fourth-order valence-corrected chi connectivity index (χ4v) is 4.48. The number of nitrogens with zero attached hydrogens (tertiary/aromatic N) is 1. The fraction of sp³-hybridized carbons (Fsp3) is 0.273. The molecule has 1 N–H and O–H groups in total. The Labute approximate surface area is 178 Å². The second kappa shape index (κ2) is 7.25. The molecule has 0 aliphatic carbocycles. The summed E-state index contributed by atoms with van der Waals surface area (Å²) in [6, 6.07) is 11.6. The van der Waals surface area contributed by atoms with Gasteiger partial charge in [0.15, 0.2) is 11.5 Å². The molecule has 3 atom stereocenters. The van der Waals surface area contributed by atoms with Crippen molar-refractivity contribution in [2.75, 3.05) is 19.8 Å². The molecule has 5 rings (SSSR count). The highest BCUT2D eigenvalue weighted by Gasteiger charge is 2.44. The van der Waals surface area contributed by atoms with Crippen LogP contribution in [0.4, 0.5) is 0 Å². The Bertz CT molecular complexity index is 1200. The molecule has 2 aromatic carbocycles. The molecule has 0 fully saturated rings. The number of amides is 1. The lowest BCUT2D eigenvalue weighted by Gasteiger charge is -2.40. The molecule has 0 spiro atoms. The first kappa shape index (κ1) is 17.7. The lowest BCUT2D eigenvalue weighted by Crippen LogP contribution is -2.52. The van der Waals surface area contributed by atoms with Crippen molar-refractivity contribution < 1.29 is 25.2 Å². The topological polar surface area (TPSA) is 80.9 Å². The van der Waals surface area contributed by atoms with E-state index < -0.39 is 24.8 Å². The SMILES string of the molecule is [2H]C1Oc2ccc([C@H]3c4[nH]c5ccccc5c4C[C@@H](C(=O)OC)N3C(=O)CCl)cc2O1. The Morgan fingerprint density at radius 1 is 1.27 bits per heavy atom. The van der Waals surface area contributed by atoms with Crippen molar-refractivity contribution >= 4 is 34.4 Å². The van der Waals surface area contributed by atoms with Crippen molar-refractivity contribution in [3.05, 3.63) is 59.3 Å². The van der Waals surface area contributed by atoms with Gasteiger partial charge in [0, 0.05) is 23.0 Å². The Morgan fingerprint density at radius 2 is 2.07 bits per heavy atom. The number of hydrogen-bond acceptors (Lipinski definition) is 5. The molecule has 1 unspecified atom stereocenters. The zero-order valence-corrected chi connectivity index (χ0v) is 16.8. The van der Waals surface area contributed by atoms with Gasteiger partial charge in [-0.25, -0.2) is 4.79 Å². The number of alkyl halides is 1. The first-order valence-electron chi connectivity index (χ1n) is 10.0. The van der Waals surface area contributed by atoms with Crippen LogP contribution >= 0.6 is 11.6 Å². The molecule has 0 radical (unpaired) electrons. The number of para-hydroxylation sites is 1. The summed E-state index contributed by atoms with van der Waals surface area (Å²) >= 11 is 5.95. The second-order valence-electron chi connectivity index (χ2n) is 7.18. The summed E-state index contributed by atoms with van der Waals surface area (Å²) in [5.41, 5.74) is 3.37. The predicted molar refractivity (Wildman–Crippen MR) is 110 cm³/mol. The number of esters is 1. The van der Waals surface area contributed by atoms with Gasteiger partial charge in [0.05, 0.1) is 13.2 Å². The van der Waals surface area contributed by atoms with E-state index in [1.165, 1.54) is 12.0 Å². The maximum atomic E-state index is 13.0. The first-order valence-corrected chi connectivity index (χ1v) is 9.99. The summed E-state index contributed by atoms with van der Waals surface area (Å²) in [5, 5.41) is 0.987. The Kier molecular flexibility index (Phi) is 4.27. The van der Waals surface area contributed by atoms with Gasteiger partial charge in [0.1, 0.15) is 13.3 Å². The van der Waals surface area contributed by atoms with Gasteiger partial charge < -0.3 is 24.1 Å². The van der Waals surface area contributed by atoms with Crippen molar-refractivity contribution in [2.24, 2.45) is 0 Å². The minimum Gasteiger partial charge on any atom is -0.467 e. The number of rotatable bonds is 3. The van der Waals surface area contributed by atoms with Crippen LogP contribution in [0.2, 0.25) is 0 Å². The molecule has 30 heavy (non-hydrogen) atoms. The van der Waals surface area contributed by atoms with Gasteiger partial charge in [-0.3, -0.25) is 4.79 Å². The van der Waals surface area contributed by atoms with Crippen LogP contribution in [-0.4, -0.2) is 47.6 Å². The quantitative estimate of drug-likeness (QED) is 0.513. The number of H-pyrrole nitrogens is 1. The molecular weight excluding hydrogens is 408 g/mol. The maximum absolute atomic E-state index is 13.0. The van der Waals surface area contributed by atoms with Crippen LogP contribution in [0, 0.1) is 0 Å². The number of hydrogen-bond donors (Lipinski definition) is 1.